The Balaban J connectivity index is 0.745. The molecule has 3 saturated heterocycles. The molecule has 0 spiro atoms. The highest BCUT2D eigenvalue weighted by Gasteiger charge is 2.46. The van der Waals surface area contributed by atoms with Crippen molar-refractivity contribution in [1.82, 2.24) is 35.7 Å². The molecule has 1 unspecified atom stereocenters. The number of rotatable bonds is 20. The number of alkyl halides is 5. The molecule has 69 heavy (non-hydrogen) atoms. The molecule has 17 nitrogen and oxygen atoms in total. The van der Waals surface area contributed by atoms with Crippen LogP contribution in [0.2, 0.25) is 0 Å². The summed E-state index contributed by atoms with van der Waals surface area (Å²) in [6.07, 6.45) is 2.18. The summed E-state index contributed by atoms with van der Waals surface area (Å²) in [6, 6.07) is 8.65. The molecule has 5 N–H and O–H groups in total. The van der Waals surface area contributed by atoms with Crippen LogP contribution in [0.1, 0.15) is 121 Å². The number of unbranched alkanes of at least 4 members (excludes halogenated alkanes) is 4. The number of fused-ring (bicyclic) bond motifs is 1. The molecule has 0 radical (unpaired) electrons. The molecule has 22 heteroatoms. The van der Waals surface area contributed by atoms with Crippen molar-refractivity contribution < 1.29 is 55.5 Å². The molecule has 7 amide bonds. The van der Waals surface area contributed by atoms with Crippen LogP contribution in [-0.2, 0) is 30.1 Å². The summed E-state index contributed by atoms with van der Waals surface area (Å²) in [7, 11) is 0. The number of hydrogen-bond acceptors (Lipinski definition) is 12. The predicted molar refractivity (Wildman–Crippen MR) is 242 cm³/mol. The highest BCUT2D eigenvalue weighted by molar-refractivity contribution is 6.25. The maximum absolute atomic E-state index is 14.2. The molecular weight excluding hydrogens is 912 g/mol. The second-order valence-corrected chi connectivity index (χ2v) is 17.7. The minimum atomic E-state index is -4.58. The maximum atomic E-state index is 14.2. The summed E-state index contributed by atoms with van der Waals surface area (Å²) < 4.78 is 68.4. The van der Waals surface area contributed by atoms with Gasteiger partial charge in [-0.3, -0.25) is 43.8 Å². The lowest BCUT2D eigenvalue weighted by Crippen LogP contribution is -2.54. The number of halogens is 5. The largest absolute Gasteiger partial charge is 0.416 e. The van der Waals surface area contributed by atoms with Gasteiger partial charge in [0.05, 0.1) is 29.8 Å². The van der Waals surface area contributed by atoms with Gasteiger partial charge in [-0.05, 0) is 92.8 Å². The van der Waals surface area contributed by atoms with Gasteiger partial charge in [-0.2, -0.15) is 13.2 Å². The molecule has 3 aromatic rings. The number of carbonyl (C=O) groups excluding carboxylic acids is 7. The van der Waals surface area contributed by atoms with Crippen molar-refractivity contribution in [3.8, 4) is 0 Å². The van der Waals surface area contributed by atoms with Gasteiger partial charge >= 0.3 is 6.18 Å². The van der Waals surface area contributed by atoms with E-state index in [9.17, 15) is 55.5 Å². The zero-order valence-corrected chi connectivity index (χ0v) is 37.9. The number of nitrogens with one attached hydrogen (secondary N) is 5. The smallest absolute Gasteiger partial charge is 0.375 e. The van der Waals surface area contributed by atoms with Gasteiger partial charge in [0.15, 0.2) is 0 Å². The maximum Gasteiger partial charge on any atom is 0.416 e. The fraction of sp³-hybridized carbons (Fsp3) is 0.511. The van der Waals surface area contributed by atoms with Gasteiger partial charge in [0, 0.05) is 70.3 Å². The summed E-state index contributed by atoms with van der Waals surface area (Å²) in [5, 5.41) is 13.5. The molecule has 370 valence electrons. The van der Waals surface area contributed by atoms with E-state index in [-0.39, 0.29) is 84.4 Å². The molecule has 0 bridgehead atoms. The van der Waals surface area contributed by atoms with E-state index in [1.54, 1.807) is 24.3 Å². The number of amides is 7. The van der Waals surface area contributed by atoms with E-state index >= 15 is 0 Å². The van der Waals surface area contributed by atoms with E-state index in [1.165, 1.54) is 11.0 Å². The third-order valence-corrected chi connectivity index (χ3v) is 12.7. The first-order chi connectivity index (χ1) is 33.0. The zero-order chi connectivity index (χ0) is 49.3. The van der Waals surface area contributed by atoms with Gasteiger partial charge in [-0.25, -0.2) is 18.7 Å². The number of piperidine rings is 2. The molecular formula is C47H55F5N10O7. The van der Waals surface area contributed by atoms with Crippen LogP contribution in [0.25, 0.3) is 0 Å². The number of hydrogen-bond donors (Lipinski definition) is 5. The first-order valence-electron chi connectivity index (χ1n) is 23.3. The number of benzene rings is 1. The quantitative estimate of drug-likeness (QED) is 0.0528. The molecule has 6 heterocycles. The summed E-state index contributed by atoms with van der Waals surface area (Å²) in [5.74, 6) is -5.44. The Morgan fingerprint density at radius 3 is 2.23 bits per heavy atom. The fourth-order valence-electron chi connectivity index (χ4n) is 8.97. The Morgan fingerprint density at radius 2 is 1.54 bits per heavy atom. The van der Waals surface area contributed by atoms with Crippen LogP contribution in [0.4, 0.5) is 45.1 Å². The second-order valence-electron chi connectivity index (χ2n) is 17.7. The van der Waals surface area contributed by atoms with E-state index in [4.69, 9.17) is 0 Å². The highest BCUT2D eigenvalue weighted by Crippen LogP contribution is 2.37. The van der Waals surface area contributed by atoms with Crippen molar-refractivity contribution in [1.29, 1.82) is 0 Å². The van der Waals surface area contributed by atoms with Crippen molar-refractivity contribution in [2.24, 2.45) is 0 Å². The van der Waals surface area contributed by atoms with E-state index < -0.39 is 53.9 Å². The summed E-state index contributed by atoms with van der Waals surface area (Å²) >= 11 is 0. The van der Waals surface area contributed by atoms with Crippen LogP contribution in [0.5, 0.6) is 0 Å². The van der Waals surface area contributed by atoms with Crippen LogP contribution in [-0.4, -0.2) is 119 Å². The van der Waals surface area contributed by atoms with Gasteiger partial charge in [0.2, 0.25) is 29.5 Å². The average molecular weight is 967 g/mol. The first kappa shape index (κ1) is 50.1. The van der Waals surface area contributed by atoms with Crippen molar-refractivity contribution in [2.75, 3.05) is 61.3 Å². The number of imide groups is 2. The number of aromatic nitrogens is 2. The SMILES string of the molecule is O=C(CCCCCCC(=O)N1CCC(c2cc(Nc3cc(C(F)(F)F)ccn3)nc(N3CCC(F)(F)C3)c2)CC1)NCCCCNC(=O)CNc1cccc2c1C(=O)N(C1CCC(=O)NC1=O)C2=O. The molecule has 0 saturated carbocycles. The minimum Gasteiger partial charge on any atom is -0.375 e. The monoisotopic (exact) mass is 966 g/mol. The van der Waals surface area contributed by atoms with Gasteiger partial charge < -0.3 is 31.1 Å². The lowest BCUT2D eigenvalue weighted by Gasteiger charge is -2.33. The van der Waals surface area contributed by atoms with Gasteiger partial charge in [0.1, 0.15) is 23.5 Å². The second kappa shape index (κ2) is 22.1. The molecule has 3 fully saturated rings. The van der Waals surface area contributed by atoms with Crippen LogP contribution < -0.4 is 31.5 Å². The van der Waals surface area contributed by atoms with Crippen molar-refractivity contribution in [3.63, 3.8) is 0 Å². The van der Waals surface area contributed by atoms with Crippen LogP contribution >= 0.6 is 0 Å². The fourth-order valence-corrected chi connectivity index (χ4v) is 8.97. The lowest BCUT2D eigenvalue weighted by molar-refractivity contribution is -0.138. The first-order valence-corrected chi connectivity index (χ1v) is 23.3. The van der Waals surface area contributed by atoms with Crippen molar-refractivity contribution >= 4 is 64.5 Å². The molecule has 1 aromatic carbocycles. The average Bonchev–Trinajstić information content (AvgIpc) is 3.81. The van der Waals surface area contributed by atoms with Gasteiger partial charge in [-0.1, -0.05) is 18.9 Å². The van der Waals surface area contributed by atoms with E-state index in [0.29, 0.717) is 83.4 Å². The Hall–Kier alpha value is -6.74. The molecule has 1 atom stereocenters. The Kier molecular flexibility index (Phi) is 16.1. The van der Waals surface area contributed by atoms with E-state index in [1.807, 2.05) is 4.90 Å². The lowest BCUT2D eigenvalue weighted by atomic mass is 9.89. The third kappa shape index (κ3) is 13.1. The zero-order valence-electron chi connectivity index (χ0n) is 37.9. The molecule has 4 aliphatic heterocycles. The Morgan fingerprint density at radius 1 is 0.812 bits per heavy atom. The van der Waals surface area contributed by atoms with Crippen LogP contribution in [0, 0.1) is 0 Å². The number of anilines is 4. The van der Waals surface area contributed by atoms with E-state index in [0.717, 1.165) is 41.6 Å². The molecule has 2 aromatic heterocycles. The van der Waals surface area contributed by atoms with Crippen molar-refractivity contribution in [2.45, 2.75) is 108 Å². The minimum absolute atomic E-state index is 0.00159. The van der Waals surface area contributed by atoms with E-state index in [2.05, 4.69) is 36.6 Å². The Labute approximate surface area is 394 Å². The number of likely N-dealkylation sites (tertiary alicyclic amines) is 1. The van der Waals surface area contributed by atoms with Gasteiger partial charge in [-0.15, -0.1) is 0 Å². The number of carbonyl (C=O) groups is 7. The standard InChI is InChI=1S/C47H55F5N10O7/c48-46(49)17-23-61(28-46)37-25-30(24-36(58-37)57-35-26-31(14-20-53-35)47(50,51)52)29-15-21-60(22-16-29)41(66)11-4-2-1-3-10-38(63)54-18-5-6-19-55-40(65)27-56-33-9-7-8-32-42(33)45(69)62(44(32)68)34-12-13-39(64)59-43(34)67/h7-9,14,20,24-26,29,34,56H,1-6,10-13,15-19,21-23,27-28H2,(H,54,63)(H,55,65)(H,53,57,58)(H,59,64,67). The molecule has 0 aliphatic carbocycles. The van der Waals surface area contributed by atoms with Crippen LogP contribution in [0.15, 0.2) is 48.7 Å². The predicted octanol–water partition coefficient (Wildman–Crippen LogP) is 5.66. The molecule has 4 aliphatic rings. The molecule has 7 rings (SSSR count). The van der Waals surface area contributed by atoms with Crippen molar-refractivity contribution in [3.05, 3.63) is 70.9 Å². The topological polar surface area (TPSA) is 215 Å². The third-order valence-electron chi connectivity index (χ3n) is 12.7. The summed E-state index contributed by atoms with van der Waals surface area (Å²) in [5.41, 5.74) is 0.322. The number of pyridine rings is 2. The number of nitrogens with zero attached hydrogens (tertiary/aromatic N) is 5. The highest BCUT2D eigenvalue weighted by atomic mass is 19.4. The Bertz CT molecular complexity index is 2430. The summed E-state index contributed by atoms with van der Waals surface area (Å²) in [4.78, 5) is 101. The normalized spacial score (nSPS) is 18.3. The van der Waals surface area contributed by atoms with Crippen LogP contribution in [0.3, 0.4) is 0 Å². The van der Waals surface area contributed by atoms with Gasteiger partial charge in [0.25, 0.3) is 17.7 Å². The summed E-state index contributed by atoms with van der Waals surface area (Å²) in [6.45, 7) is 1.14.